The molecule has 7 nitrogen and oxygen atoms in total. The molecular weight excluding hydrogens is 356 g/mol. The summed E-state index contributed by atoms with van der Waals surface area (Å²) in [5.74, 6) is 0.860. The van der Waals surface area contributed by atoms with Crippen LogP contribution in [0.3, 0.4) is 0 Å². The Labute approximate surface area is 168 Å². The molecule has 2 unspecified atom stereocenters. The van der Waals surface area contributed by atoms with Crippen LogP contribution in [0.4, 0.5) is 0 Å². The van der Waals surface area contributed by atoms with Crippen LogP contribution in [0.2, 0.25) is 0 Å². The van der Waals surface area contributed by atoms with Gasteiger partial charge >= 0.3 is 0 Å². The molecule has 0 saturated carbocycles. The summed E-state index contributed by atoms with van der Waals surface area (Å²) in [6, 6.07) is 7.69. The van der Waals surface area contributed by atoms with Gasteiger partial charge in [-0.2, -0.15) is 0 Å². The lowest BCUT2D eigenvalue weighted by Gasteiger charge is -2.37. The summed E-state index contributed by atoms with van der Waals surface area (Å²) in [6.45, 7) is 10.0. The number of methoxy groups -OCH3 is 1. The van der Waals surface area contributed by atoms with E-state index < -0.39 is 0 Å². The van der Waals surface area contributed by atoms with Crippen molar-refractivity contribution >= 4 is 11.8 Å². The SMILES string of the molecule is CCC(C)NC(=O)CN1CCN(C(C)C(=O)NCc2ccccc2OC)CC1. The summed E-state index contributed by atoms with van der Waals surface area (Å²) in [5.41, 5.74) is 0.961. The van der Waals surface area contributed by atoms with Crippen molar-refractivity contribution in [2.45, 2.75) is 45.8 Å². The van der Waals surface area contributed by atoms with Crippen LogP contribution in [0.15, 0.2) is 24.3 Å². The van der Waals surface area contributed by atoms with Crippen molar-refractivity contribution in [1.82, 2.24) is 20.4 Å². The van der Waals surface area contributed by atoms with Gasteiger partial charge in [-0.1, -0.05) is 25.1 Å². The molecule has 1 aromatic rings. The van der Waals surface area contributed by atoms with E-state index in [0.717, 1.165) is 43.9 Å². The number of hydrogen-bond donors (Lipinski definition) is 2. The van der Waals surface area contributed by atoms with E-state index in [4.69, 9.17) is 4.74 Å². The van der Waals surface area contributed by atoms with Crippen LogP contribution >= 0.6 is 0 Å². The van der Waals surface area contributed by atoms with Gasteiger partial charge in [0.05, 0.1) is 19.7 Å². The summed E-state index contributed by atoms with van der Waals surface area (Å²) in [6.07, 6.45) is 0.932. The van der Waals surface area contributed by atoms with E-state index in [1.54, 1.807) is 7.11 Å². The molecule has 2 amide bonds. The lowest BCUT2D eigenvalue weighted by molar-refractivity contribution is -0.128. The maximum atomic E-state index is 12.6. The topological polar surface area (TPSA) is 73.9 Å². The van der Waals surface area contributed by atoms with Gasteiger partial charge in [0.25, 0.3) is 0 Å². The molecule has 2 rings (SSSR count). The molecule has 1 saturated heterocycles. The molecule has 0 bridgehead atoms. The molecule has 7 heteroatoms. The van der Waals surface area contributed by atoms with Crippen LogP contribution in [0.5, 0.6) is 5.75 Å². The van der Waals surface area contributed by atoms with Gasteiger partial charge in [0.2, 0.25) is 11.8 Å². The summed E-state index contributed by atoms with van der Waals surface area (Å²) in [4.78, 5) is 28.9. The fourth-order valence-corrected chi connectivity index (χ4v) is 3.28. The third-order valence-corrected chi connectivity index (χ3v) is 5.37. The first-order valence-corrected chi connectivity index (χ1v) is 10.1. The highest BCUT2D eigenvalue weighted by molar-refractivity contribution is 5.81. The monoisotopic (exact) mass is 390 g/mol. The summed E-state index contributed by atoms with van der Waals surface area (Å²) in [7, 11) is 1.63. The standard InChI is InChI=1S/C21H34N4O3/c1-5-16(2)23-20(26)15-24-10-12-25(13-11-24)17(3)21(27)22-14-18-8-6-7-9-19(18)28-4/h6-9,16-17H,5,10-15H2,1-4H3,(H,22,27)(H,23,26). The molecule has 2 atom stereocenters. The largest absolute Gasteiger partial charge is 0.496 e. The minimum Gasteiger partial charge on any atom is -0.496 e. The number of benzene rings is 1. The molecular formula is C21H34N4O3. The number of para-hydroxylation sites is 1. The molecule has 1 aliphatic heterocycles. The number of amides is 2. The zero-order valence-electron chi connectivity index (χ0n) is 17.5. The van der Waals surface area contributed by atoms with Crippen molar-refractivity contribution in [3.05, 3.63) is 29.8 Å². The van der Waals surface area contributed by atoms with Crippen molar-refractivity contribution in [3.63, 3.8) is 0 Å². The van der Waals surface area contributed by atoms with Crippen LogP contribution < -0.4 is 15.4 Å². The van der Waals surface area contributed by atoms with E-state index in [0.29, 0.717) is 13.1 Å². The van der Waals surface area contributed by atoms with Gasteiger partial charge < -0.3 is 15.4 Å². The van der Waals surface area contributed by atoms with E-state index in [9.17, 15) is 9.59 Å². The maximum Gasteiger partial charge on any atom is 0.237 e. The first kappa shape index (κ1) is 22.2. The van der Waals surface area contributed by atoms with Crippen LogP contribution in [-0.2, 0) is 16.1 Å². The predicted molar refractivity (Wildman–Crippen MR) is 110 cm³/mol. The number of nitrogens with zero attached hydrogens (tertiary/aromatic N) is 2. The Balaban J connectivity index is 1.75. The van der Waals surface area contributed by atoms with Crippen LogP contribution in [0.1, 0.15) is 32.8 Å². The first-order valence-electron chi connectivity index (χ1n) is 10.1. The summed E-state index contributed by atoms with van der Waals surface area (Å²) >= 11 is 0. The zero-order chi connectivity index (χ0) is 20.5. The molecule has 0 radical (unpaired) electrons. The lowest BCUT2D eigenvalue weighted by Crippen LogP contribution is -2.55. The van der Waals surface area contributed by atoms with Gasteiger partial charge in [-0.05, 0) is 26.3 Å². The maximum absolute atomic E-state index is 12.6. The average molecular weight is 391 g/mol. The lowest BCUT2D eigenvalue weighted by atomic mass is 10.1. The normalized spacial score (nSPS) is 17.6. The summed E-state index contributed by atoms with van der Waals surface area (Å²) < 4.78 is 5.33. The van der Waals surface area contributed by atoms with Crippen LogP contribution in [0.25, 0.3) is 0 Å². The fourth-order valence-electron chi connectivity index (χ4n) is 3.28. The summed E-state index contributed by atoms with van der Waals surface area (Å²) in [5, 5.41) is 6.01. The van der Waals surface area contributed by atoms with Gasteiger partial charge in [0.15, 0.2) is 0 Å². The van der Waals surface area contributed by atoms with E-state index in [1.165, 1.54) is 0 Å². The second-order valence-electron chi connectivity index (χ2n) is 7.39. The Bertz CT molecular complexity index is 644. The molecule has 1 aromatic carbocycles. The Hall–Kier alpha value is -2.12. The van der Waals surface area contributed by atoms with Gasteiger partial charge in [-0.25, -0.2) is 0 Å². The quantitative estimate of drug-likeness (QED) is 0.664. The fraction of sp³-hybridized carbons (Fsp3) is 0.619. The van der Waals surface area contributed by atoms with Crippen molar-refractivity contribution in [2.24, 2.45) is 0 Å². The number of rotatable bonds is 9. The molecule has 1 fully saturated rings. The van der Waals surface area contributed by atoms with Crippen molar-refractivity contribution in [2.75, 3.05) is 39.8 Å². The third-order valence-electron chi connectivity index (χ3n) is 5.37. The Morgan fingerprint density at radius 3 is 2.46 bits per heavy atom. The molecule has 1 aliphatic rings. The average Bonchev–Trinajstić information content (AvgIpc) is 2.71. The molecule has 0 aliphatic carbocycles. The van der Waals surface area contributed by atoms with Crippen LogP contribution in [-0.4, -0.2) is 73.5 Å². The highest BCUT2D eigenvalue weighted by atomic mass is 16.5. The van der Waals surface area contributed by atoms with Gasteiger partial charge in [0.1, 0.15) is 5.75 Å². The number of piperazine rings is 1. The number of carbonyl (C=O) groups excluding carboxylic acids is 2. The van der Waals surface area contributed by atoms with Crippen molar-refractivity contribution in [3.8, 4) is 5.75 Å². The molecule has 1 heterocycles. The second kappa shape index (κ2) is 11.0. The molecule has 2 N–H and O–H groups in total. The van der Waals surface area contributed by atoms with E-state index in [2.05, 4.69) is 27.4 Å². The minimum absolute atomic E-state index is 0.00821. The van der Waals surface area contributed by atoms with E-state index in [1.807, 2.05) is 38.1 Å². The number of hydrogen-bond acceptors (Lipinski definition) is 5. The van der Waals surface area contributed by atoms with Gasteiger partial charge in [0, 0.05) is 44.3 Å². The zero-order valence-corrected chi connectivity index (χ0v) is 17.5. The van der Waals surface area contributed by atoms with Crippen molar-refractivity contribution in [1.29, 1.82) is 0 Å². The molecule has 0 spiro atoms. The molecule has 156 valence electrons. The van der Waals surface area contributed by atoms with Gasteiger partial charge in [-0.3, -0.25) is 19.4 Å². The Morgan fingerprint density at radius 1 is 1.14 bits per heavy atom. The molecule has 28 heavy (non-hydrogen) atoms. The van der Waals surface area contributed by atoms with Crippen LogP contribution in [0, 0.1) is 0 Å². The highest BCUT2D eigenvalue weighted by Gasteiger charge is 2.26. The highest BCUT2D eigenvalue weighted by Crippen LogP contribution is 2.17. The first-order chi connectivity index (χ1) is 13.4. The third kappa shape index (κ3) is 6.49. The van der Waals surface area contributed by atoms with E-state index in [-0.39, 0.29) is 23.9 Å². The van der Waals surface area contributed by atoms with Crippen molar-refractivity contribution < 1.29 is 14.3 Å². The number of nitrogens with one attached hydrogen (secondary N) is 2. The second-order valence-corrected chi connectivity index (χ2v) is 7.39. The van der Waals surface area contributed by atoms with Gasteiger partial charge in [-0.15, -0.1) is 0 Å². The predicted octanol–water partition coefficient (Wildman–Crippen LogP) is 1.23. The number of carbonyl (C=O) groups is 2. The Morgan fingerprint density at radius 2 is 1.82 bits per heavy atom. The van der Waals surface area contributed by atoms with E-state index >= 15 is 0 Å². The number of ether oxygens (including phenoxy) is 1. The Kier molecular flexibility index (Phi) is 8.73. The smallest absolute Gasteiger partial charge is 0.237 e. The molecule has 0 aromatic heterocycles. The minimum atomic E-state index is -0.203.